The van der Waals surface area contributed by atoms with Crippen molar-refractivity contribution in [3.8, 4) is 0 Å². The van der Waals surface area contributed by atoms with Crippen LogP contribution in [-0.4, -0.2) is 39.7 Å². The van der Waals surface area contributed by atoms with Gasteiger partial charge < -0.3 is 10.6 Å². The topological polar surface area (TPSA) is 75.3 Å². The van der Waals surface area contributed by atoms with Gasteiger partial charge in [-0.3, -0.25) is 4.79 Å². The van der Waals surface area contributed by atoms with Crippen molar-refractivity contribution in [2.75, 3.05) is 25.4 Å². The highest BCUT2D eigenvalue weighted by atomic mass is 35.5. The van der Waals surface area contributed by atoms with Gasteiger partial charge in [-0.15, -0.1) is 12.4 Å². The summed E-state index contributed by atoms with van der Waals surface area (Å²) in [6.07, 6.45) is 3.48. The number of halogens is 1. The molecule has 0 unspecified atom stereocenters. The lowest BCUT2D eigenvalue weighted by molar-refractivity contribution is 0.0953. The van der Waals surface area contributed by atoms with Crippen LogP contribution in [0.4, 0.5) is 0 Å². The Bertz CT molecular complexity index is 672. The minimum atomic E-state index is -3.41. The zero-order chi connectivity index (χ0) is 16.0. The van der Waals surface area contributed by atoms with Crippen molar-refractivity contribution in [3.05, 3.63) is 41.5 Å². The number of hydrogen-bond acceptors (Lipinski definition) is 4. The molecule has 2 rings (SSSR count). The van der Waals surface area contributed by atoms with Gasteiger partial charge in [-0.2, -0.15) is 0 Å². The Morgan fingerprint density at radius 1 is 1.30 bits per heavy atom. The summed E-state index contributed by atoms with van der Waals surface area (Å²) in [5.74, 6) is -0.289. The van der Waals surface area contributed by atoms with E-state index < -0.39 is 9.84 Å². The van der Waals surface area contributed by atoms with Crippen molar-refractivity contribution in [2.24, 2.45) is 0 Å². The molecule has 128 valence electrons. The third-order valence-electron chi connectivity index (χ3n) is 3.57. The highest BCUT2D eigenvalue weighted by Gasteiger charge is 2.21. The van der Waals surface area contributed by atoms with E-state index in [2.05, 4.69) is 16.7 Å². The van der Waals surface area contributed by atoms with E-state index in [4.69, 9.17) is 0 Å². The summed E-state index contributed by atoms with van der Waals surface area (Å²) in [6.45, 7) is 3.99. The molecule has 0 saturated heterocycles. The lowest BCUT2D eigenvalue weighted by atomic mass is 10.1. The van der Waals surface area contributed by atoms with Crippen molar-refractivity contribution < 1.29 is 13.2 Å². The maximum Gasteiger partial charge on any atom is 0.252 e. The van der Waals surface area contributed by atoms with Gasteiger partial charge in [0.15, 0.2) is 9.84 Å². The summed E-state index contributed by atoms with van der Waals surface area (Å²) in [5.41, 5.74) is 1.39. The average molecular weight is 359 g/mol. The van der Waals surface area contributed by atoms with Gasteiger partial charge in [0.1, 0.15) is 0 Å². The zero-order valence-electron chi connectivity index (χ0n) is 13.2. The smallest absolute Gasteiger partial charge is 0.252 e. The van der Waals surface area contributed by atoms with Crippen LogP contribution in [0.5, 0.6) is 0 Å². The summed E-state index contributed by atoms with van der Waals surface area (Å²) >= 11 is 0. The standard InChI is InChI=1S/C16H22N2O3S.ClH/c1-2-11-22(20,21)15-6-4-3-5-14(15)16(19)18-12-13-7-9-17-10-8-13;/h3-7,17H,2,8-12H2,1H3,(H,18,19);1H. The molecule has 0 fully saturated rings. The van der Waals surface area contributed by atoms with Gasteiger partial charge in [0.05, 0.1) is 16.2 Å². The molecule has 2 N–H and O–H groups in total. The van der Waals surface area contributed by atoms with Crippen LogP contribution < -0.4 is 10.6 Å². The van der Waals surface area contributed by atoms with Crippen LogP contribution in [0.25, 0.3) is 0 Å². The fourth-order valence-electron chi connectivity index (χ4n) is 2.42. The highest BCUT2D eigenvalue weighted by molar-refractivity contribution is 7.91. The number of carbonyl (C=O) groups excluding carboxylic acids is 1. The molecule has 0 aromatic heterocycles. The number of rotatable bonds is 6. The molecule has 1 amide bonds. The summed E-state index contributed by atoms with van der Waals surface area (Å²) < 4.78 is 24.5. The van der Waals surface area contributed by atoms with Gasteiger partial charge in [-0.05, 0) is 31.5 Å². The van der Waals surface area contributed by atoms with Crippen LogP contribution in [0.3, 0.4) is 0 Å². The summed E-state index contributed by atoms with van der Waals surface area (Å²) in [7, 11) is -3.41. The molecule has 5 nitrogen and oxygen atoms in total. The molecule has 23 heavy (non-hydrogen) atoms. The minimum Gasteiger partial charge on any atom is -0.348 e. The average Bonchev–Trinajstić information content (AvgIpc) is 2.53. The number of nitrogens with one attached hydrogen (secondary N) is 2. The van der Waals surface area contributed by atoms with Crippen LogP contribution in [0, 0.1) is 0 Å². The number of hydrogen-bond donors (Lipinski definition) is 2. The molecule has 0 spiro atoms. The van der Waals surface area contributed by atoms with E-state index in [1.807, 2.05) is 6.92 Å². The lowest BCUT2D eigenvalue weighted by Gasteiger charge is -2.15. The monoisotopic (exact) mass is 358 g/mol. The van der Waals surface area contributed by atoms with Crippen molar-refractivity contribution in [2.45, 2.75) is 24.7 Å². The number of sulfone groups is 1. The van der Waals surface area contributed by atoms with E-state index >= 15 is 0 Å². The summed E-state index contributed by atoms with van der Waals surface area (Å²) in [4.78, 5) is 12.5. The van der Waals surface area contributed by atoms with Gasteiger partial charge in [-0.1, -0.05) is 30.7 Å². The van der Waals surface area contributed by atoms with Crippen molar-refractivity contribution in [1.82, 2.24) is 10.6 Å². The largest absolute Gasteiger partial charge is 0.348 e. The Morgan fingerprint density at radius 2 is 2.04 bits per heavy atom. The maximum atomic E-state index is 12.3. The van der Waals surface area contributed by atoms with Gasteiger partial charge in [0.25, 0.3) is 5.91 Å². The van der Waals surface area contributed by atoms with Crippen molar-refractivity contribution in [1.29, 1.82) is 0 Å². The molecule has 0 aliphatic carbocycles. The molecule has 0 bridgehead atoms. The molecule has 7 heteroatoms. The van der Waals surface area contributed by atoms with Crippen molar-refractivity contribution in [3.63, 3.8) is 0 Å². The highest BCUT2D eigenvalue weighted by Crippen LogP contribution is 2.18. The normalized spacial score (nSPS) is 14.6. The molecule has 1 aromatic carbocycles. The first-order valence-electron chi connectivity index (χ1n) is 7.53. The van der Waals surface area contributed by atoms with Crippen LogP contribution in [0.2, 0.25) is 0 Å². The van der Waals surface area contributed by atoms with E-state index in [0.717, 1.165) is 19.5 Å². The van der Waals surface area contributed by atoms with Gasteiger partial charge in [-0.25, -0.2) is 8.42 Å². The molecule has 1 aromatic rings. The molecule has 0 atom stereocenters. The quantitative estimate of drug-likeness (QED) is 0.762. The molecular weight excluding hydrogens is 336 g/mol. The second-order valence-corrected chi connectivity index (χ2v) is 7.39. The first-order valence-corrected chi connectivity index (χ1v) is 9.18. The Labute approximate surface area is 143 Å². The van der Waals surface area contributed by atoms with E-state index in [-0.39, 0.29) is 34.5 Å². The zero-order valence-corrected chi connectivity index (χ0v) is 14.8. The number of carbonyl (C=O) groups is 1. The van der Waals surface area contributed by atoms with E-state index in [1.165, 1.54) is 11.6 Å². The summed E-state index contributed by atoms with van der Waals surface area (Å²) in [5, 5.41) is 6.03. The second-order valence-electron chi connectivity index (χ2n) is 5.31. The van der Waals surface area contributed by atoms with Crippen LogP contribution in [-0.2, 0) is 9.84 Å². The molecule has 1 heterocycles. The Morgan fingerprint density at radius 3 is 2.70 bits per heavy atom. The van der Waals surface area contributed by atoms with Gasteiger partial charge in [0.2, 0.25) is 0 Å². The summed E-state index contributed by atoms with van der Waals surface area (Å²) in [6, 6.07) is 6.40. The Kier molecular flexibility index (Phi) is 7.75. The molecule has 0 saturated carbocycles. The van der Waals surface area contributed by atoms with Crippen LogP contribution >= 0.6 is 12.4 Å². The fraction of sp³-hybridized carbons (Fsp3) is 0.438. The molecule has 1 aliphatic rings. The lowest BCUT2D eigenvalue weighted by Crippen LogP contribution is -2.30. The first-order chi connectivity index (χ1) is 10.5. The van der Waals surface area contributed by atoms with E-state index in [1.54, 1.807) is 18.2 Å². The van der Waals surface area contributed by atoms with E-state index in [0.29, 0.717) is 13.0 Å². The maximum absolute atomic E-state index is 12.3. The van der Waals surface area contributed by atoms with Gasteiger partial charge in [0, 0.05) is 13.1 Å². The van der Waals surface area contributed by atoms with Gasteiger partial charge >= 0.3 is 0 Å². The Balaban J connectivity index is 0.00000264. The molecule has 0 radical (unpaired) electrons. The number of benzene rings is 1. The van der Waals surface area contributed by atoms with Crippen molar-refractivity contribution >= 4 is 28.2 Å². The number of amides is 1. The SMILES string of the molecule is CCCS(=O)(=O)c1ccccc1C(=O)NCC1=CCNCC1.Cl. The molecular formula is C16H23ClN2O3S. The minimum absolute atomic E-state index is 0. The molecule has 1 aliphatic heterocycles. The van der Waals surface area contributed by atoms with Crippen LogP contribution in [0.1, 0.15) is 30.1 Å². The fourth-order valence-corrected chi connectivity index (χ4v) is 3.96. The predicted octanol–water partition coefficient (Wildman–Crippen LogP) is 1.94. The third-order valence-corrected chi connectivity index (χ3v) is 5.55. The second kappa shape index (κ2) is 9.05. The Hall–Kier alpha value is -1.37. The predicted molar refractivity (Wildman–Crippen MR) is 93.9 cm³/mol. The third kappa shape index (κ3) is 5.34. The first kappa shape index (κ1) is 19.7. The van der Waals surface area contributed by atoms with E-state index in [9.17, 15) is 13.2 Å². The van der Waals surface area contributed by atoms with Crippen LogP contribution in [0.15, 0.2) is 40.8 Å².